The Morgan fingerprint density at radius 3 is 2.52 bits per heavy atom. The summed E-state index contributed by atoms with van der Waals surface area (Å²) in [5.74, 6) is -2.08. The molecule has 1 atom stereocenters. The first-order valence-corrected chi connectivity index (χ1v) is 9.42. The summed E-state index contributed by atoms with van der Waals surface area (Å²) in [6.07, 6.45) is 0.346. The fourth-order valence-electron chi connectivity index (χ4n) is 3.41. The van der Waals surface area contributed by atoms with Gasteiger partial charge in [0.1, 0.15) is 5.58 Å². The highest BCUT2D eigenvalue weighted by molar-refractivity contribution is 5.82. The van der Waals surface area contributed by atoms with E-state index in [1.165, 1.54) is 11.0 Å². The smallest absolute Gasteiger partial charge is 0.339 e. The van der Waals surface area contributed by atoms with Crippen molar-refractivity contribution in [2.45, 2.75) is 39.7 Å². The van der Waals surface area contributed by atoms with E-state index in [4.69, 9.17) is 4.42 Å². The van der Waals surface area contributed by atoms with Crippen LogP contribution in [0.15, 0.2) is 45.6 Å². The van der Waals surface area contributed by atoms with Crippen molar-refractivity contribution in [1.82, 2.24) is 4.90 Å². The number of amides is 1. The lowest BCUT2D eigenvalue weighted by molar-refractivity contribution is -0.131. The highest BCUT2D eigenvalue weighted by Crippen LogP contribution is 2.24. The summed E-state index contributed by atoms with van der Waals surface area (Å²) in [5.41, 5.74) is 2.87. The molecule has 3 aromatic rings. The SMILES string of the molecule is Cc1ccc2c(C)c(CCC(=O)N(C)[C@@H](C)c3ccc(F)c(F)c3)c(=O)oc2c1. The maximum Gasteiger partial charge on any atom is 0.339 e. The van der Waals surface area contributed by atoms with Crippen LogP contribution in [0.3, 0.4) is 0 Å². The van der Waals surface area contributed by atoms with E-state index >= 15 is 0 Å². The van der Waals surface area contributed by atoms with Crippen LogP contribution in [0.1, 0.15) is 41.6 Å². The third kappa shape index (κ3) is 4.21. The van der Waals surface area contributed by atoms with Crippen molar-refractivity contribution in [3.63, 3.8) is 0 Å². The second kappa shape index (κ2) is 8.15. The van der Waals surface area contributed by atoms with Crippen LogP contribution in [0.4, 0.5) is 8.78 Å². The molecular weight excluding hydrogens is 376 g/mol. The first-order valence-electron chi connectivity index (χ1n) is 9.42. The van der Waals surface area contributed by atoms with Crippen molar-refractivity contribution in [1.29, 1.82) is 0 Å². The molecule has 1 aromatic heterocycles. The molecule has 0 saturated heterocycles. The van der Waals surface area contributed by atoms with Crippen molar-refractivity contribution in [2.24, 2.45) is 0 Å². The molecule has 1 heterocycles. The Morgan fingerprint density at radius 2 is 1.83 bits per heavy atom. The van der Waals surface area contributed by atoms with Gasteiger partial charge in [-0.15, -0.1) is 0 Å². The third-order valence-corrected chi connectivity index (χ3v) is 5.43. The molecule has 0 radical (unpaired) electrons. The number of rotatable bonds is 5. The minimum atomic E-state index is -0.949. The van der Waals surface area contributed by atoms with Crippen molar-refractivity contribution >= 4 is 16.9 Å². The number of carbonyl (C=O) groups excluding carboxylic acids is 1. The molecule has 0 saturated carbocycles. The van der Waals surface area contributed by atoms with Crippen LogP contribution in [0.25, 0.3) is 11.0 Å². The van der Waals surface area contributed by atoms with Gasteiger partial charge in [0.05, 0.1) is 6.04 Å². The monoisotopic (exact) mass is 399 g/mol. The highest BCUT2D eigenvalue weighted by atomic mass is 19.2. The predicted molar refractivity (Wildman–Crippen MR) is 108 cm³/mol. The van der Waals surface area contributed by atoms with Crippen LogP contribution in [0.2, 0.25) is 0 Å². The molecule has 0 fully saturated rings. The van der Waals surface area contributed by atoms with Crippen LogP contribution in [0, 0.1) is 25.5 Å². The van der Waals surface area contributed by atoms with Crippen LogP contribution in [-0.2, 0) is 11.2 Å². The number of nitrogens with zero attached hydrogens (tertiary/aromatic N) is 1. The number of halogens is 2. The van der Waals surface area contributed by atoms with Crippen LogP contribution >= 0.6 is 0 Å². The quantitative estimate of drug-likeness (QED) is 0.577. The Labute approximate surface area is 167 Å². The maximum absolute atomic E-state index is 13.5. The summed E-state index contributed by atoms with van der Waals surface area (Å²) in [5, 5.41) is 0.848. The Bertz CT molecular complexity index is 1140. The first-order chi connectivity index (χ1) is 13.7. The topological polar surface area (TPSA) is 50.5 Å². The Hall–Kier alpha value is -3.02. The van der Waals surface area contributed by atoms with E-state index < -0.39 is 23.3 Å². The predicted octanol–water partition coefficient (Wildman–Crippen LogP) is 4.84. The van der Waals surface area contributed by atoms with Gasteiger partial charge in [0.2, 0.25) is 5.91 Å². The summed E-state index contributed by atoms with van der Waals surface area (Å²) in [6.45, 7) is 5.51. The number of aryl methyl sites for hydroxylation is 2. The fraction of sp³-hybridized carbons (Fsp3) is 0.304. The summed E-state index contributed by atoms with van der Waals surface area (Å²) in [7, 11) is 1.60. The number of benzene rings is 2. The minimum absolute atomic E-state index is 0.105. The Kier molecular flexibility index (Phi) is 5.82. The van der Waals surface area contributed by atoms with Gasteiger partial charge in [0.25, 0.3) is 0 Å². The zero-order valence-corrected chi connectivity index (χ0v) is 16.9. The highest BCUT2D eigenvalue weighted by Gasteiger charge is 2.20. The molecular formula is C23H23F2NO3. The van der Waals surface area contributed by atoms with Crippen LogP contribution in [-0.4, -0.2) is 17.9 Å². The van der Waals surface area contributed by atoms with Gasteiger partial charge in [-0.3, -0.25) is 4.79 Å². The van der Waals surface area contributed by atoms with Gasteiger partial charge in [0.15, 0.2) is 11.6 Å². The van der Waals surface area contributed by atoms with Gasteiger partial charge >= 0.3 is 5.63 Å². The fourth-order valence-corrected chi connectivity index (χ4v) is 3.41. The van der Waals surface area contributed by atoms with Gasteiger partial charge in [0, 0.05) is 24.4 Å². The zero-order valence-electron chi connectivity index (χ0n) is 16.9. The average Bonchev–Trinajstić information content (AvgIpc) is 2.68. The summed E-state index contributed by atoms with van der Waals surface area (Å²) < 4.78 is 32.1. The van der Waals surface area contributed by atoms with E-state index in [9.17, 15) is 18.4 Å². The summed E-state index contributed by atoms with van der Waals surface area (Å²) in [4.78, 5) is 26.5. The van der Waals surface area contributed by atoms with Crippen LogP contribution < -0.4 is 5.63 Å². The summed E-state index contributed by atoms with van der Waals surface area (Å²) in [6, 6.07) is 8.83. The molecule has 0 bridgehead atoms. The number of carbonyl (C=O) groups is 1. The van der Waals surface area contributed by atoms with Crippen molar-refractivity contribution in [2.75, 3.05) is 7.05 Å². The van der Waals surface area contributed by atoms with E-state index in [0.717, 1.165) is 28.6 Å². The molecule has 0 spiro atoms. The average molecular weight is 399 g/mol. The van der Waals surface area contributed by atoms with Crippen molar-refractivity contribution < 1.29 is 18.0 Å². The molecule has 2 aromatic carbocycles. The molecule has 29 heavy (non-hydrogen) atoms. The molecule has 4 nitrogen and oxygen atoms in total. The molecule has 1 amide bonds. The Morgan fingerprint density at radius 1 is 1.10 bits per heavy atom. The summed E-state index contributed by atoms with van der Waals surface area (Å²) >= 11 is 0. The lowest BCUT2D eigenvalue weighted by Crippen LogP contribution is -2.30. The molecule has 0 aliphatic rings. The zero-order chi connectivity index (χ0) is 21.3. The normalized spacial score (nSPS) is 12.2. The molecule has 3 rings (SSSR count). The molecule has 6 heteroatoms. The third-order valence-electron chi connectivity index (χ3n) is 5.43. The number of hydrogen-bond donors (Lipinski definition) is 0. The standard InChI is InChI=1S/C23H23F2NO3/c1-13-5-7-17-14(2)18(23(28)29-21(17)11-13)8-10-22(27)26(4)15(3)16-6-9-19(24)20(25)12-16/h5-7,9,11-12,15H,8,10H2,1-4H3/t15-/m0/s1. The molecule has 0 unspecified atom stereocenters. The lowest BCUT2D eigenvalue weighted by atomic mass is 10.0. The van der Waals surface area contributed by atoms with E-state index in [1.54, 1.807) is 14.0 Å². The first kappa shape index (κ1) is 20.7. The second-order valence-electron chi connectivity index (χ2n) is 7.35. The van der Waals surface area contributed by atoms with E-state index in [-0.39, 0.29) is 18.7 Å². The van der Waals surface area contributed by atoms with E-state index in [2.05, 4.69) is 0 Å². The van der Waals surface area contributed by atoms with Crippen molar-refractivity contribution in [3.05, 3.63) is 80.7 Å². The van der Waals surface area contributed by atoms with Gasteiger partial charge < -0.3 is 9.32 Å². The molecule has 152 valence electrons. The van der Waals surface area contributed by atoms with Gasteiger partial charge in [-0.05, 0) is 62.1 Å². The maximum atomic E-state index is 13.5. The van der Waals surface area contributed by atoms with Crippen molar-refractivity contribution in [3.8, 4) is 0 Å². The van der Waals surface area contributed by atoms with Gasteiger partial charge in [-0.25, -0.2) is 13.6 Å². The van der Waals surface area contributed by atoms with Gasteiger partial charge in [-0.2, -0.15) is 0 Å². The van der Waals surface area contributed by atoms with E-state index in [0.29, 0.717) is 16.7 Å². The Balaban J connectivity index is 1.77. The lowest BCUT2D eigenvalue weighted by Gasteiger charge is -2.25. The van der Waals surface area contributed by atoms with E-state index in [1.807, 2.05) is 32.0 Å². The minimum Gasteiger partial charge on any atom is -0.423 e. The number of hydrogen-bond acceptors (Lipinski definition) is 3. The number of fused-ring (bicyclic) bond motifs is 1. The van der Waals surface area contributed by atoms with Crippen LogP contribution in [0.5, 0.6) is 0 Å². The molecule has 0 N–H and O–H groups in total. The molecule has 0 aliphatic carbocycles. The second-order valence-corrected chi connectivity index (χ2v) is 7.35. The largest absolute Gasteiger partial charge is 0.423 e. The van der Waals surface area contributed by atoms with Gasteiger partial charge in [-0.1, -0.05) is 18.2 Å². The molecule has 0 aliphatic heterocycles.